The van der Waals surface area contributed by atoms with Gasteiger partial charge in [0.05, 0.1) is 11.0 Å². The van der Waals surface area contributed by atoms with E-state index in [0.29, 0.717) is 12.1 Å². The molecule has 174 valence electrons. The van der Waals surface area contributed by atoms with E-state index in [1.807, 2.05) is 70.7 Å². The van der Waals surface area contributed by atoms with Crippen LogP contribution in [0.1, 0.15) is 27.3 Å². The van der Waals surface area contributed by atoms with Crippen molar-refractivity contribution in [1.29, 1.82) is 5.41 Å². The van der Waals surface area contributed by atoms with Crippen LogP contribution in [-0.4, -0.2) is 65.3 Å². The van der Waals surface area contributed by atoms with Crippen LogP contribution in [0.4, 0.5) is 0 Å². The van der Waals surface area contributed by atoms with Crippen molar-refractivity contribution in [2.45, 2.75) is 12.8 Å². The summed E-state index contributed by atoms with van der Waals surface area (Å²) < 4.78 is 2.09. The highest BCUT2D eigenvalue weighted by Crippen LogP contribution is 2.19. The van der Waals surface area contributed by atoms with Crippen molar-refractivity contribution in [1.82, 2.24) is 19.4 Å². The number of carbonyl (C=O) groups is 1. The van der Waals surface area contributed by atoms with Gasteiger partial charge in [0, 0.05) is 44.7 Å². The van der Waals surface area contributed by atoms with Crippen LogP contribution in [0.3, 0.4) is 0 Å². The van der Waals surface area contributed by atoms with E-state index >= 15 is 0 Å². The molecule has 1 aromatic heterocycles. The number of hydrogen-bond donors (Lipinski definition) is 2. The van der Waals surface area contributed by atoms with E-state index in [2.05, 4.69) is 9.47 Å². The lowest BCUT2D eigenvalue weighted by molar-refractivity contribution is 0.0786. The van der Waals surface area contributed by atoms with E-state index in [1.54, 1.807) is 4.90 Å². The zero-order valence-electron chi connectivity index (χ0n) is 19.0. The summed E-state index contributed by atoms with van der Waals surface area (Å²) in [6.45, 7) is 1.51. The normalized spacial score (nSPS) is 10.5. The summed E-state index contributed by atoms with van der Waals surface area (Å²) in [5.74, 6) is 1.07. The molecule has 0 spiro atoms. The van der Waals surface area contributed by atoms with Crippen LogP contribution < -0.4 is 5.73 Å². The summed E-state index contributed by atoms with van der Waals surface area (Å²) in [5, 5.41) is 7.48. The molecule has 0 saturated carbocycles. The molecule has 3 aromatic rings. The van der Waals surface area contributed by atoms with Gasteiger partial charge in [-0.1, -0.05) is 24.3 Å². The van der Waals surface area contributed by atoms with Crippen LogP contribution >= 0.6 is 24.8 Å². The highest BCUT2D eigenvalue weighted by Gasteiger charge is 2.15. The van der Waals surface area contributed by atoms with E-state index in [-0.39, 0.29) is 36.6 Å². The number of nitrogens with zero attached hydrogens (tertiary/aromatic N) is 4. The van der Waals surface area contributed by atoms with Crippen molar-refractivity contribution >= 4 is 47.6 Å². The van der Waals surface area contributed by atoms with Gasteiger partial charge in [0.15, 0.2) is 0 Å². The standard InChI is InChI=1S/C23H30N6O.2ClH/c1-27(2)13-14-28(3)23(30)18-10-11-20-19(15-18)26-21(29(20)4)12-7-16-5-8-17(9-6-16)22(24)25;;/h5-6,8-11,15H,7,12-14H2,1-4H3,(H3,24,25);2*1H. The Morgan fingerprint density at radius 2 is 1.62 bits per heavy atom. The van der Waals surface area contributed by atoms with Crippen LogP contribution in [0.2, 0.25) is 0 Å². The quantitative estimate of drug-likeness (QED) is 0.384. The molecule has 2 aromatic carbocycles. The average molecular weight is 479 g/mol. The Bertz CT molecular complexity index is 1060. The SMILES string of the molecule is CN(C)CCN(C)C(=O)c1ccc2c(c1)nc(CCc1ccc(C(=N)N)cc1)n2C.Cl.Cl. The lowest BCUT2D eigenvalue weighted by atomic mass is 10.1. The van der Waals surface area contributed by atoms with Gasteiger partial charge in [0.2, 0.25) is 0 Å². The second kappa shape index (κ2) is 11.9. The third-order valence-electron chi connectivity index (χ3n) is 5.35. The summed E-state index contributed by atoms with van der Waals surface area (Å²) in [5.41, 5.74) is 9.93. The molecule has 1 amide bonds. The lowest BCUT2D eigenvalue weighted by Gasteiger charge is -2.19. The number of likely N-dealkylation sites (N-methyl/N-ethyl adjacent to an activating group) is 2. The fourth-order valence-corrected chi connectivity index (χ4v) is 3.39. The fraction of sp³-hybridized carbons (Fsp3) is 0.348. The Labute approximate surface area is 201 Å². The number of benzene rings is 2. The molecule has 0 aliphatic rings. The van der Waals surface area contributed by atoms with E-state index in [0.717, 1.165) is 41.8 Å². The number of amidine groups is 1. The zero-order valence-corrected chi connectivity index (χ0v) is 20.6. The van der Waals surface area contributed by atoms with Gasteiger partial charge < -0.3 is 20.1 Å². The number of nitrogens with two attached hydrogens (primary N) is 1. The van der Waals surface area contributed by atoms with E-state index in [4.69, 9.17) is 16.1 Å². The van der Waals surface area contributed by atoms with Gasteiger partial charge in [-0.05, 0) is 44.3 Å². The zero-order chi connectivity index (χ0) is 21.8. The molecule has 3 rings (SSSR count). The van der Waals surface area contributed by atoms with Crippen LogP contribution in [0, 0.1) is 5.41 Å². The van der Waals surface area contributed by atoms with Crippen molar-refractivity contribution in [3.05, 3.63) is 65.0 Å². The number of halogens is 2. The van der Waals surface area contributed by atoms with Gasteiger partial charge in [0.25, 0.3) is 5.91 Å². The number of fused-ring (bicyclic) bond motifs is 1. The highest BCUT2D eigenvalue weighted by molar-refractivity contribution is 5.97. The maximum absolute atomic E-state index is 12.7. The number of nitrogen functional groups attached to an aromatic ring is 1. The van der Waals surface area contributed by atoms with Crippen LogP contribution in [0.5, 0.6) is 0 Å². The minimum atomic E-state index is 0. The monoisotopic (exact) mass is 478 g/mol. The first kappa shape index (κ1) is 27.4. The van der Waals surface area contributed by atoms with Gasteiger partial charge in [0.1, 0.15) is 11.7 Å². The number of nitrogens with one attached hydrogen (secondary N) is 1. The van der Waals surface area contributed by atoms with E-state index in [9.17, 15) is 4.79 Å². The Balaban J connectivity index is 0.00000256. The molecule has 0 unspecified atom stereocenters. The molecule has 0 aliphatic carbocycles. The first-order valence-electron chi connectivity index (χ1n) is 10.0. The molecule has 3 N–H and O–H groups in total. The predicted octanol–water partition coefficient (Wildman–Crippen LogP) is 3.12. The molecule has 0 fully saturated rings. The summed E-state index contributed by atoms with van der Waals surface area (Å²) >= 11 is 0. The maximum Gasteiger partial charge on any atom is 0.253 e. The Morgan fingerprint density at radius 3 is 2.22 bits per heavy atom. The van der Waals surface area contributed by atoms with Crippen molar-refractivity contribution in [3.63, 3.8) is 0 Å². The summed E-state index contributed by atoms with van der Waals surface area (Å²) in [6.07, 6.45) is 1.63. The van der Waals surface area contributed by atoms with E-state index in [1.165, 1.54) is 5.56 Å². The van der Waals surface area contributed by atoms with Gasteiger partial charge in [-0.2, -0.15) is 0 Å². The number of aromatic nitrogens is 2. The van der Waals surface area contributed by atoms with E-state index < -0.39 is 0 Å². The minimum Gasteiger partial charge on any atom is -0.384 e. The Kier molecular flexibility index (Phi) is 10.2. The van der Waals surface area contributed by atoms with Crippen molar-refractivity contribution in [3.8, 4) is 0 Å². The molecule has 0 aliphatic heterocycles. The summed E-state index contributed by atoms with van der Waals surface area (Å²) in [6, 6.07) is 13.5. The molecule has 0 atom stereocenters. The third kappa shape index (κ3) is 6.45. The van der Waals surface area contributed by atoms with Crippen LogP contribution in [0.15, 0.2) is 42.5 Å². The first-order chi connectivity index (χ1) is 14.3. The topological polar surface area (TPSA) is 91.2 Å². The summed E-state index contributed by atoms with van der Waals surface area (Å²) in [7, 11) is 7.83. The number of aryl methyl sites for hydroxylation is 3. The third-order valence-corrected chi connectivity index (χ3v) is 5.35. The first-order valence-corrected chi connectivity index (χ1v) is 10.0. The minimum absolute atomic E-state index is 0. The van der Waals surface area contributed by atoms with Gasteiger partial charge in [-0.3, -0.25) is 10.2 Å². The Hall–Kier alpha value is -2.61. The number of imidazole rings is 1. The predicted molar refractivity (Wildman–Crippen MR) is 136 cm³/mol. The molecular weight excluding hydrogens is 447 g/mol. The molecule has 9 heteroatoms. The molecular formula is C23H32Cl2N6O. The summed E-state index contributed by atoms with van der Waals surface area (Å²) in [4.78, 5) is 21.3. The molecule has 0 saturated heterocycles. The van der Waals surface area contributed by atoms with Crippen LogP contribution in [-0.2, 0) is 19.9 Å². The lowest BCUT2D eigenvalue weighted by Crippen LogP contribution is -2.33. The largest absolute Gasteiger partial charge is 0.384 e. The highest BCUT2D eigenvalue weighted by atomic mass is 35.5. The molecule has 32 heavy (non-hydrogen) atoms. The molecule has 1 heterocycles. The average Bonchev–Trinajstić information content (AvgIpc) is 3.05. The van der Waals surface area contributed by atoms with Gasteiger partial charge in [-0.25, -0.2) is 4.98 Å². The molecule has 0 radical (unpaired) electrons. The smallest absolute Gasteiger partial charge is 0.253 e. The number of hydrogen-bond acceptors (Lipinski definition) is 4. The Morgan fingerprint density at radius 1 is 1.00 bits per heavy atom. The second-order valence-corrected chi connectivity index (χ2v) is 7.93. The number of carbonyl (C=O) groups excluding carboxylic acids is 1. The molecule has 7 nitrogen and oxygen atoms in total. The molecule has 0 bridgehead atoms. The van der Waals surface area contributed by atoms with Crippen molar-refractivity contribution in [2.24, 2.45) is 12.8 Å². The number of amides is 1. The van der Waals surface area contributed by atoms with Crippen molar-refractivity contribution in [2.75, 3.05) is 34.2 Å². The maximum atomic E-state index is 12.7. The second-order valence-electron chi connectivity index (χ2n) is 7.93. The fourth-order valence-electron chi connectivity index (χ4n) is 3.39. The van der Waals surface area contributed by atoms with Gasteiger partial charge >= 0.3 is 0 Å². The number of rotatable bonds is 8. The van der Waals surface area contributed by atoms with Crippen LogP contribution in [0.25, 0.3) is 11.0 Å². The van der Waals surface area contributed by atoms with Gasteiger partial charge in [-0.15, -0.1) is 24.8 Å². The van der Waals surface area contributed by atoms with Crippen molar-refractivity contribution < 1.29 is 4.79 Å².